The number of halogens is 1. The highest BCUT2D eigenvalue weighted by Gasteiger charge is 2.37. The van der Waals surface area contributed by atoms with E-state index in [0.29, 0.717) is 29.5 Å². The number of rotatable bonds is 5. The minimum atomic E-state index is -0.870. The third-order valence-electron chi connectivity index (χ3n) is 5.47. The van der Waals surface area contributed by atoms with Crippen LogP contribution in [0.1, 0.15) is 12.0 Å². The molecular weight excluding hydrogens is 450 g/mol. The molecule has 0 aliphatic carbocycles. The molecule has 3 amide bonds. The number of morpholine rings is 1. The number of β-amino-alcohol motifs (C(OH)–C–C–N with tert-alkyl or cyclic N) is 1. The van der Waals surface area contributed by atoms with Crippen LogP contribution in [0, 0.1) is 0 Å². The van der Waals surface area contributed by atoms with E-state index in [1.807, 2.05) is 0 Å². The number of aliphatic hydroxyl groups is 1. The molecule has 0 radical (unpaired) electrons. The number of nitrogens with one attached hydrogen (secondary N) is 1. The van der Waals surface area contributed by atoms with E-state index in [4.69, 9.17) is 21.1 Å². The summed E-state index contributed by atoms with van der Waals surface area (Å²) in [5.74, 6) is -0.379. The number of anilines is 2. The van der Waals surface area contributed by atoms with Crippen LogP contribution in [0.5, 0.6) is 0 Å². The number of ether oxygens (including phenoxy) is 2. The fourth-order valence-corrected chi connectivity index (χ4v) is 3.94. The van der Waals surface area contributed by atoms with Crippen molar-refractivity contribution >= 4 is 40.9 Å². The minimum Gasteiger partial charge on any atom is -0.425 e. The van der Waals surface area contributed by atoms with Crippen LogP contribution in [-0.4, -0.2) is 66.5 Å². The Morgan fingerprint density at radius 1 is 1.15 bits per heavy atom. The second-order valence-electron chi connectivity index (χ2n) is 7.87. The highest BCUT2D eigenvalue weighted by atomic mass is 35.5. The van der Waals surface area contributed by atoms with Gasteiger partial charge in [0, 0.05) is 29.4 Å². The van der Waals surface area contributed by atoms with Gasteiger partial charge in [-0.25, -0.2) is 4.79 Å². The van der Waals surface area contributed by atoms with E-state index in [2.05, 4.69) is 5.32 Å². The lowest BCUT2D eigenvalue weighted by atomic mass is 10.1. The van der Waals surface area contributed by atoms with Crippen LogP contribution >= 0.6 is 11.6 Å². The van der Waals surface area contributed by atoms with Crippen LogP contribution in [0.3, 0.4) is 0 Å². The van der Waals surface area contributed by atoms with E-state index in [1.54, 1.807) is 53.4 Å². The van der Waals surface area contributed by atoms with Gasteiger partial charge in [0.05, 0.1) is 25.7 Å². The molecule has 4 rings (SSSR count). The Morgan fingerprint density at radius 3 is 2.58 bits per heavy atom. The highest BCUT2D eigenvalue weighted by molar-refractivity contribution is 6.30. The van der Waals surface area contributed by atoms with Crippen molar-refractivity contribution in [3.05, 3.63) is 59.1 Å². The summed E-state index contributed by atoms with van der Waals surface area (Å²) in [6, 6.07) is 13.7. The molecule has 0 aromatic heterocycles. The molecule has 9 nitrogen and oxygen atoms in total. The van der Waals surface area contributed by atoms with Gasteiger partial charge in [-0.2, -0.15) is 0 Å². The zero-order valence-electron chi connectivity index (χ0n) is 17.8. The van der Waals surface area contributed by atoms with Crippen LogP contribution in [-0.2, 0) is 25.5 Å². The smallest absolute Gasteiger partial charge is 0.413 e. The first-order chi connectivity index (χ1) is 15.9. The molecule has 33 heavy (non-hydrogen) atoms. The van der Waals surface area contributed by atoms with Gasteiger partial charge in [0.15, 0.2) is 6.23 Å². The van der Waals surface area contributed by atoms with Crippen molar-refractivity contribution in [1.82, 2.24) is 4.90 Å². The van der Waals surface area contributed by atoms with Crippen molar-refractivity contribution in [2.75, 3.05) is 36.5 Å². The molecule has 0 bridgehead atoms. The van der Waals surface area contributed by atoms with Gasteiger partial charge in [-0.1, -0.05) is 23.7 Å². The normalized spacial score (nSPS) is 20.6. The van der Waals surface area contributed by atoms with E-state index in [1.165, 1.54) is 4.90 Å². The van der Waals surface area contributed by atoms with Crippen LogP contribution in [0.4, 0.5) is 16.2 Å². The van der Waals surface area contributed by atoms with Crippen molar-refractivity contribution < 1.29 is 29.0 Å². The number of benzene rings is 2. The minimum absolute atomic E-state index is 0.0484. The Kier molecular flexibility index (Phi) is 7.12. The first kappa shape index (κ1) is 23.0. The molecule has 2 aromatic rings. The monoisotopic (exact) mass is 473 g/mol. The molecule has 2 aliphatic heterocycles. The molecule has 2 N–H and O–H groups in total. The number of hydrogen-bond donors (Lipinski definition) is 2. The maximum atomic E-state index is 12.7. The molecule has 2 aliphatic rings. The Hall–Kier alpha value is -3.14. The lowest BCUT2D eigenvalue weighted by Gasteiger charge is -2.27. The van der Waals surface area contributed by atoms with Crippen molar-refractivity contribution in [2.24, 2.45) is 0 Å². The maximum Gasteiger partial charge on any atom is 0.413 e. The molecule has 2 saturated heterocycles. The number of carbonyl (C=O) groups is 3. The summed E-state index contributed by atoms with van der Waals surface area (Å²) in [5, 5.41) is 13.2. The molecule has 2 atom stereocenters. The van der Waals surface area contributed by atoms with Gasteiger partial charge in [-0.15, -0.1) is 0 Å². The average Bonchev–Trinajstić information content (AvgIpc) is 3.16. The summed E-state index contributed by atoms with van der Waals surface area (Å²) < 4.78 is 10.6. The zero-order chi connectivity index (χ0) is 23.4. The lowest BCUT2D eigenvalue weighted by Crippen LogP contribution is -2.41. The second kappa shape index (κ2) is 10.2. The zero-order valence-corrected chi connectivity index (χ0v) is 18.5. The summed E-state index contributed by atoms with van der Waals surface area (Å²) in [7, 11) is 0. The topological polar surface area (TPSA) is 108 Å². The van der Waals surface area contributed by atoms with Gasteiger partial charge in [0.1, 0.15) is 6.61 Å². The fourth-order valence-electron chi connectivity index (χ4n) is 3.82. The number of likely N-dealkylation sites (tertiary alicyclic amines) is 1. The summed E-state index contributed by atoms with van der Waals surface area (Å²) in [5.41, 5.74) is 1.95. The first-order valence-corrected chi connectivity index (χ1v) is 10.9. The lowest BCUT2D eigenvalue weighted by molar-refractivity contribution is -0.137. The number of hydrogen-bond acceptors (Lipinski definition) is 6. The van der Waals surface area contributed by atoms with Crippen LogP contribution in [0.25, 0.3) is 0 Å². The number of carbonyl (C=O) groups excluding carboxylic acids is 3. The van der Waals surface area contributed by atoms with E-state index in [9.17, 15) is 19.5 Å². The molecular formula is C23H24ClN3O6. The Balaban J connectivity index is 1.34. The van der Waals surface area contributed by atoms with Crippen molar-refractivity contribution in [3.63, 3.8) is 0 Å². The number of amides is 3. The number of aliphatic hydroxyl groups excluding tert-OH is 1. The second-order valence-corrected chi connectivity index (χ2v) is 8.31. The van der Waals surface area contributed by atoms with Crippen LogP contribution in [0.15, 0.2) is 48.5 Å². The van der Waals surface area contributed by atoms with Gasteiger partial charge < -0.3 is 24.4 Å². The molecule has 2 heterocycles. The van der Waals surface area contributed by atoms with Gasteiger partial charge in [-0.05, 0) is 42.0 Å². The molecule has 10 heteroatoms. The van der Waals surface area contributed by atoms with Crippen molar-refractivity contribution in [2.45, 2.75) is 25.2 Å². The Bertz CT molecular complexity index is 1010. The SMILES string of the molecule is O=C(Nc1ccc(N2CCOCC2=O)cc1)O[C@@H]1C[C@@H](O)CN1C(=O)Cc1ccc(Cl)cc1. The molecule has 0 spiro atoms. The molecule has 2 aromatic carbocycles. The van der Waals surface area contributed by atoms with Gasteiger partial charge in [0.2, 0.25) is 5.91 Å². The van der Waals surface area contributed by atoms with E-state index < -0.39 is 18.4 Å². The molecule has 2 fully saturated rings. The molecule has 0 saturated carbocycles. The van der Waals surface area contributed by atoms with Gasteiger partial charge in [0.25, 0.3) is 5.91 Å². The predicted molar refractivity (Wildman–Crippen MR) is 121 cm³/mol. The quantitative estimate of drug-likeness (QED) is 0.690. The van der Waals surface area contributed by atoms with Crippen molar-refractivity contribution in [3.8, 4) is 0 Å². The highest BCUT2D eigenvalue weighted by Crippen LogP contribution is 2.23. The largest absolute Gasteiger partial charge is 0.425 e. The molecule has 0 unspecified atom stereocenters. The fraction of sp³-hybridized carbons (Fsp3) is 0.348. The Labute approximate surface area is 195 Å². The Morgan fingerprint density at radius 2 is 1.88 bits per heavy atom. The van der Waals surface area contributed by atoms with Gasteiger partial charge >= 0.3 is 6.09 Å². The van der Waals surface area contributed by atoms with Crippen molar-refractivity contribution in [1.29, 1.82) is 0 Å². The standard InChI is InChI=1S/C23H24ClN3O6/c24-16-3-1-15(2-4-16)11-20(29)27-13-19(28)12-22(27)33-23(31)25-17-5-7-18(8-6-17)26-9-10-32-14-21(26)30/h1-8,19,22,28H,9-14H2,(H,25,31)/t19-,22-/m1/s1. The number of nitrogens with zero attached hydrogens (tertiary/aromatic N) is 2. The van der Waals surface area contributed by atoms with Crippen LogP contribution < -0.4 is 10.2 Å². The first-order valence-electron chi connectivity index (χ1n) is 10.6. The summed E-state index contributed by atoms with van der Waals surface area (Å²) in [6.07, 6.45) is -2.15. The summed E-state index contributed by atoms with van der Waals surface area (Å²) >= 11 is 5.88. The van der Waals surface area contributed by atoms with E-state index in [0.717, 1.165) is 5.56 Å². The summed E-state index contributed by atoms with van der Waals surface area (Å²) in [4.78, 5) is 40.1. The third kappa shape index (κ3) is 5.81. The maximum absolute atomic E-state index is 12.7. The van der Waals surface area contributed by atoms with E-state index in [-0.39, 0.29) is 37.8 Å². The predicted octanol–water partition coefficient (Wildman–Crippen LogP) is 2.41. The summed E-state index contributed by atoms with van der Waals surface area (Å²) in [6.45, 7) is 1.08. The van der Waals surface area contributed by atoms with Crippen LogP contribution in [0.2, 0.25) is 5.02 Å². The van der Waals surface area contributed by atoms with E-state index >= 15 is 0 Å². The average molecular weight is 474 g/mol. The van der Waals surface area contributed by atoms with Gasteiger partial charge in [-0.3, -0.25) is 14.9 Å². The third-order valence-corrected chi connectivity index (χ3v) is 5.72. The molecule has 174 valence electrons.